The fourth-order valence-corrected chi connectivity index (χ4v) is 3.21. The summed E-state index contributed by atoms with van der Waals surface area (Å²) < 4.78 is 5.74. The van der Waals surface area contributed by atoms with Gasteiger partial charge in [-0.25, -0.2) is 0 Å². The molecule has 1 aromatic heterocycles. The summed E-state index contributed by atoms with van der Waals surface area (Å²) in [7, 11) is 0. The van der Waals surface area contributed by atoms with Crippen LogP contribution in [0.1, 0.15) is 16.0 Å². The molecule has 0 aliphatic heterocycles. The van der Waals surface area contributed by atoms with E-state index in [2.05, 4.69) is 6.92 Å². The van der Waals surface area contributed by atoms with E-state index in [1.54, 1.807) is 16.2 Å². The summed E-state index contributed by atoms with van der Waals surface area (Å²) in [4.78, 5) is 15.7. The Morgan fingerprint density at radius 3 is 2.48 bits per heavy atom. The predicted octanol–water partition coefficient (Wildman–Crippen LogP) is 4.98. The lowest BCUT2D eigenvalue weighted by atomic mass is 10.1. The fourth-order valence-electron chi connectivity index (χ4n) is 2.52. The largest absolute Gasteiger partial charge is 0.484 e. The molecule has 0 unspecified atom stereocenters. The van der Waals surface area contributed by atoms with Gasteiger partial charge in [-0.1, -0.05) is 30.3 Å². The van der Waals surface area contributed by atoms with Crippen LogP contribution in [0.3, 0.4) is 0 Å². The van der Waals surface area contributed by atoms with Gasteiger partial charge < -0.3 is 9.64 Å². The quantitative estimate of drug-likeness (QED) is 0.627. The first kappa shape index (κ1) is 17.2. The maximum atomic E-state index is 12.8. The first-order valence-electron chi connectivity index (χ1n) is 8.21. The number of para-hydroxylation sites is 1. The van der Waals surface area contributed by atoms with Crippen molar-refractivity contribution in [3.05, 3.63) is 82.0 Å². The minimum absolute atomic E-state index is 0.0166. The second kappa shape index (κ2) is 7.99. The lowest BCUT2D eigenvalue weighted by molar-refractivity contribution is -0.120. The van der Waals surface area contributed by atoms with Crippen LogP contribution >= 0.6 is 11.3 Å². The normalized spacial score (nSPS) is 10.5. The van der Waals surface area contributed by atoms with E-state index >= 15 is 0 Å². The summed E-state index contributed by atoms with van der Waals surface area (Å²) in [6.45, 7) is 4.67. The number of hydrogen-bond donors (Lipinski definition) is 0. The summed E-state index contributed by atoms with van der Waals surface area (Å²) in [5, 5.41) is 2.02. The van der Waals surface area contributed by atoms with Crippen molar-refractivity contribution >= 4 is 22.9 Å². The molecule has 4 heteroatoms. The van der Waals surface area contributed by atoms with Gasteiger partial charge >= 0.3 is 0 Å². The average Bonchev–Trinajstić information content (AvgIpc) is 3.14. The molecule has 0 fully saturated rings. The molecule has 0 bridgehead atoms. The summed E-state index contributed by atoms with van der Waals surface area (Å²) >= 11 is 1.65. The zero-order valence-corrected chi connectivity index (χ0v) is 15.3. The van der Waals surface area contributed by atoms with E-state index in [0.29, 0.717) is 6.54 Å². The monoisotopic (exact) mass is 351 g/mol. The molecular formula is C21H21NO2S. The Morgan fingerprint density at radius 1 is 1.00 bits per heavy atom. The molecule has 0 N–H and O–H groups in total. The zero-order valence-electron chi connectivity index (χ0n) is 14.4. The molecule has 0 radical (unpaired) electrons. The van der Waals surface area contributed by atoms with Crippen molar-refractivity contribution in [1.29, 1.82) is 0 Å². The van der Waals surface area contributed by atoms with Crippen LogP contribution in [0, 0.1) is 13.8 Å². The van der Waals surface area contributed by atoms with Gasteiger partial charge in [0.25, 0.3) is 5.91 Å². The maximum absolute atomic E-state index is 12.8. The van der Waals surface area contributed by atoms with Crippen molar-refractivity contribution in [1.82, 2.24) is 0 Å². The van der Waals surface area contributed by atoms with Crippen molar-refractivity contribution < 1.29 is 9.53 Å². The van der Waals surface area contributed by atoms with Crippen molar-refractivity contribution in [2.24, 2.45) is 0 Å². The van der Waals surface area contributed by atoms with Crippen molar-refractivity contribution in [2.45, 2.75) is 20.4 Å². The number of thiophene rings is 1. The molecule has 0 saturated carbocycles. The molecule has 0 saturated heterocycles. The highest BCUT2D eigenvalue weighted by Crippen LogP contribution is 2.21. The molecule has 0 aliphatic rings. The minimum atomic E-state index is -0.0576. The molecule has 2 aromatic carbocycles. The average molecular weight is 351 g/mol. The standard InChI is InChI=1S/C21H21NO2S/c1-16-10-11-19(13-17(16)2)24-15-21(23)22(14-20-9-6-12-25-20)18-7-4-3-5-8-18/h3-13H,14-15H2,1-2H3. The number of carbonyl (C=O) groups excluding carboxylic acids is 1. The van der Waals surface area contributed by atoms with Crippen molar-refractivity contribution in [3.63, 3.8) is 0 Å². The van der Waals surface area contributed by atoms with Crippen LogP contribution in [0.25, 0.3) is 0 Å². The Morgan fingerprint density at radius 2 is 1.80 bits per heavy atom. The van der Waals surface area contributed by atoms with Gasteiger partial charge in [0, 0.05) is 10.6 Å². The first-order chi connectivity index (χ1) is 12.1. The summed E-state index contributed by atoms with van der Waals surface area (Å²) in [5.41, 5.74) is 3.25. The number of hydrogen-bond acceptors (Lipinski definition) is 3. The number of ether oxygens (including phenoxy) is 1. The molecule has 3 rings (SSSR count). The van der Waals surface area contributed by atoms with Gasteiger partial charge in [0.05, 0.1) is 6.54 Å². The molecule has 0 spiro atoms. The summed E-state index contributed by atoms with van der Waals surface area (Å²) in [6, 6.07) is 19.6. The van der Waals surface area contributed by atoms with E-state index in [9.17, 15) is 4.79 Å². The third-order valence-corrected chi connectivity index (χ3v) is 4.96. The van der Waals surface area contributed by atoms with Gasteiger partial charge in [-0.05, 0) is 60.7 Å². The van der Waals surface area contributed by atoms with Gasteiger partial charge in [0.2, 0.25) is 0 Å². The lowest BCUT2D eigenvalue weighted by Gasteiger charge is -2.22. The fraction of sp³-hybridized carbons (Fsp3) is 0.190. The third kappa shape index (κ3) is 4.48. The highest BCUT2D eigenvalue weighted by atomic mass is 32.1. The van der Waals surface area contributed by atoms with Gasteiger partial charge in [-0.3, -0.25) is 4.79 Å². The van der Waals surface area contributed by atoms with Gasteiger partial charge in [0.1, 0.15) is 5.75 Å². The number of anilines is 1. The predicted molar refractivity (Wildman–Crippen MR) is 103 cm³/mol. The third-order valence-electron chi connectivity index (χ3n) is 4.10. The van der Waals surface area contributed by atoms with Crippen LogP contribution in [-0.2, 0) is 11.3 Å². The van der Waals surface area contributed by atoms with Crippen LogP contribution in [-0.4, -0.2) is 12.5 Å². The second-order valence-corrected chi connectivity index (χ2v) is 6.96. The Kier molecular flexibility index (Phi) is 5.51. The molecule has 128 valence electrons. The Bertz CT molecular complexity index is 828. The number of rotatable bonds is 6. The first-order valence-corrected chi connectivity index (χ1v) is 9.09. The van der Waals surface area contributed by atoms with Crippen LogP contribution in [0.4, 0.5) is 5.69 Å². The Hall–Kier alpha value is -2.59. The molecule has 3 aromatic rings. The molecule has 0 aliphatic carbocycles. The highest BCUT2D eigenvalue weighted by Gasteiger charge is 2.17. The topological polar surface area (TPSA) is 29.5 Å². The van der Waals surface area contributed by atoms with Crippen LogP contribution in [0.2, 0.25) is 0 Å². The molecule has 1 amide bonds. The van der Waals surface area contributed by atoms with Crippen LogP contribution in [0.15, 0.2) is 66.0 Å². The molecule has 3 nitrogen and oxygen atoms in total. The molecule has 1 heterocycles. The molecule has 0 atom stereocenters. The lowest BCUT2D eigenvalue weighted by Crippen LogP contribution is -2.34. The Labute approximate surface area is 152 Å². The smallest absolute Gasteiger partial charge is 0.265 e. The summed E-state index contributed by atoms with van der Waals surface area (Å²) in [5.74, 6) is 0.665. The minimum Gasteiger partial charge on any atom is -0.484 e. The van der Waals surface area contributed by atoms with E-state index in [0.717, 1.165) is 21.9 Å². The van der Waals surface area contributed by atoms with E-state index in [1.807, 2.05) is 73.0 Å². The maximum Gasteiger partial charge on any atom is 0.265 e. The van der Waals surface area contributed by atoms with Crippen LogP contribution < -0.4 is 9.64 Å². The molecular weight excluding hydrogens is 330 g/mol. The van der Waals surface area contributed by atoms with E-state index < -0.39 is 0 Å². The Balaban J connectivity index is 1.73. The number of carbonyl (C=O) groups is 1. The van der Waals surface area contributed by atoms with Crippen molar-refractivity contribution in [2.75, 3.05) is 11.5 Å². The van der Waals surface area contributed by atoms with Crippen LogP contribution in [0.5, 0.6) is 5.75 Å². The highest BCUT2D eigenvalue weighted by molar-refractivity contribution is 7.09. The number of aryl methyl sites for hydroxylation is 2. The van der Waals surface area contributed by atoms with Crippen molar-refractivity contribution in [3.8, 4) is 5.75 Å². The van der Waals surface area contributed by atoms with Gasteiger partial charge in [-0.2, -0.15) is 0 Å². The van der Waals surface area contributed by atoms with E-state index in [1.165, 1.54) is 5.56 Å². The molecule has 25 heavy (non-hydrogen) atoms. The second-order valence-electron chi connectivity index (χ2n) is 5.93. The van der Waals surface area contributed by atoms with Gasteiger partial charge in [-0.15, -0.1) is 11.3 Å². The number of amides is 1. The van der Waals surface area contributed by atoms with E-state index in [4.69, 9.17) is 4.74 Å². The summed E-state index contributed by atoms with van der Waals surface area (Å²) in [6.07, 6.45) is 0. The number of benzene rings is 2. The SMILES string of the molecule is Cc1ccc(OCC(=O)N(Cc2cccs2)c2ccccc2)cc1C. The van der Waals surface area contributed by atoms with Gasteiger partial charge in [0.15, 0.2) is 6.61 Å². The zero-order chi connectivity index (χ0) is 17.6. The number of nitrogens with zero attached hydrogens (tertiary/aromatic N) is 1. The van der Waals surface area contributed by atoms with E-state index in [-0.39, 0.29) is 12.5 Å².